The van der Waals surface area contributed by atoms with Gasteiger partial charge in [-0.2, -0.15) is 0 Å². The Hall–Kier alpha value is 0.319. The van der Waals surface area contributed by atoms with Crippen LogP contribution in [0.15, 0.2) is 0 Å². The van der Waals surface area contributed by atoms with Crippen molar-refractivity contribution in [1.82, 2.24) is 0 Å². The second-order valence-corrected chi connectivity index (χ2v) is 0. The summed E-state index contributed by atoms with van der Waals surface area (Å²) in [6.07, 6.45) is 0. The third kappa shape index (κ3) is 466. The molecule has 5 nitrogen and oxygen atoms in total. The van der Waals surface area contributed by atoms with Gasteiger partial charge in [0.1, 0.15) is 0 Å². The van der Waals surface area contributed by atoms with Gasteiger partial charge in [0.2, 0.25) is 0 Å². The Balaban J connectivity index is 0. The molecule has 0 N–H and O–H groups in total. The fourth-order valence-electron chi connectivity index (χ4n) is 0. The van der Waals surface area contributed by atoms with E-state index in [0.717, 1.165) is 0 Å². The fraction of sp³-hybridized carbons (Fsp3) is 0. The third-order valence-corrected chi connectivity index (χ3v) is 0. The van der Waals surface area contributed by atoms with Gasteiger partial charge in [-0.25, -0.2) is 0 Å². The minimum atomic E-state index is 0. The zero-order valence-electron chi connectivity index (χ0n) is 2.42. The summed E-state index contributed by atoms with van der Waals surface area (Å²) >= 11 is 0. The molecule has 0 saturated carbocycles. The molecule has 0 unspecified atom stereocenters. The topological polar surface area (TPSA) is 142 Å². The van der Waals surface area contributed by atoms with Crippen LogP contribution in [0.1, 0.15) is 0 Å². The van der Waals surface area contributed by atoms with Crippen molar-refractivity contribution in [2.24, 2.45) is 0 Å². The minimum absolute atomic E-state index is 0. The van der Waals surface area contributed by atoms with Crippen molar-refractivity contribution in [2.45, 2.75) is 0 Å². The maximum atomic E-state index is 0. The molecule has 0 aromatic carbocycles. The standard InChI is InChI=1S/Mn.5O/q+2;3*-2;2*+2. The summed E-state index contributed by atoms with van der Waals surface area (Å²) in [6.45, 7) is 0. The molecule has 6 heavy (non-hydrogen) atoms. The quantitative estimate of drug-likeness (QED) is 0.391. The third-order valence-electron chi connectivity index (χ3n) is 0. The SMILES string of the molecule is [Mn+2].[O+2].[O+2].[O-2].[O-2].[O-2]. The molecule has 0 aliphatic heterocycles. The van der Waals surface area contributed by atoms with E-state index in [4.69, 9.17) is 0 Å². The summed E-state index contributed by atoms with van der Waals surface area (Å²) in [5.74, 6) is 0. The summed E-state index contributed by atoms with van der Waals surface area (Å²) in [5.41, 5.74) is 0. The molecule has 0 aromatic rings. The van der Waals surface area contributed by atoms with Crippen LogP contribution in [0.3, 0.4) is 0 Å². The van der Waals surface area contributed by atoms with E-state index in [9.17, 15) is 0 Å². The predicted octanol–water partition coefficient (Wildman–Crippen LogP) is -0.597. The fourth-order valence-corrected chi connectivity index (χ4v) is 0. The molecule has 6 heteroatoms. The van der Waals surface area contributed by atoms with E-state index in [-0.39, 0.29) is 44.4 Å². The zero-order valence-corrected chi connectivity index (χ0v) is 3.60. The first-order chi connectivity index (χ1) is 0. The predicted molar refractivity (Wildman–Crippen MR) is 3.43 cm³/mol. The van der Waals surface area contributed by atoms with Crippen LogP contribution in [0.2, 0.25) is 0 Å². The molecular formula is MnO5. The van der Waals surface area contributed by atoms with E-state index < -0.39 is 0 Å². The molecule has 0 fully saturated rings. The van der Waals surface area contributed by atoms with Crippen molar-refractivity contribution in [1.29, 1.82) is 0 Å². The molecule has 0 heterocycles. The van der Waals surface area contributed by atoms with E-state index in [0.29, 0.717) is 0 Å². The van der Waals surface area contributed by atoms with Gasteiger partial charge in [0, 0.05) is 0 Å². The Bertz CT molecular complexity index is 3.90. The average Bonchev–Trinajstić information content (AvgIpc) is 0. The van der Waals surface area contributed by atoms with E-state index >= 15 is 0 Å². The van der Waals surface area contributed by atoms with E-state index in [1.807, 2.05) is 0 Å². The van der Waals surface area contributed by atoms with Gasteiger partial charge in [0.05, 0.1) is 0 Å². The Labute approximate surface area is 45.4 Å². The van der Waals surface area contributed by atoms with Crippen molar-refractivity contribution in [3.8, 4) is 0 Å². The summed E-state index contributed by atoms with van der Waals surface area (Å²) in [7, 11) is 0. The second-order valence-electron chi connectivity index (χ2n) is 0. The van der Waals surface area contributed by atoms with Crippen molar-refractivity contribution in [3.05, 3.63) is 0 Å². The average molecular weight is 135 g/mol. The maximum Gasteiger partial charge on any atom is 2.00 e. The monoisotopic (exact) mass is 135 g/mol. The Morgan fingerprint density at radius 3 is 0.500 bits per heavy atom. The van der Waals surface area contributed by atoms with Gasteiger partial charge in [-0.1, -0.05) is 0 Å². The van der Waals surface area contributed by atoms with Crippen LogP contribution in [0.5, 0.6) is 0 Å². The molecular weight excluding hydrogens is 135 g/mol. The van der Waals surface area contributed by atoms with Crippen LogP contribution in [-0.2, 0) is 44.4 Å². The summed E-state index contributed by atoms with van der Waals surface area (Å²) in [6, 6.07) is 0. The van der Waals surface area contributed by atoms with Gasteiger partial charge in [0.25, 0.3) is 0 Å². The van der Waals surface area contributed by atoms with E-state index in [2.05, 4.69) is 0 Å². The Morgan fingerprint density at radius 1 is 0.500 bits per heavy atom. The number of rotatable bonds is 0. The van der Waals surface area contributed by atoms with Crippen LogP contribution in [0, 0.1) is 0 Å². The van der Waals surface area contributed by atoms with Crippen LogP contribution in [0.4, 0.5) is 0 Å². The number of hydrogen-bond acceptors (Lipinski definition) is 0. The largest absolute Gasteiger partial charge is 2.00 e. The molecule has 37 valence electrons. The summed E-state index contributed by atoms with van der Waals surface area (Å²) in [4.78, 5) is 0. The van der Waals surface area contributed by atoms with Gasteiger partial charge in [-0.05, 0) is 0 Å². The summed E-state index contributed by atoms with van der Waals surface area (Å²) < 4.78 is 0. The molecule has 0 bridgehead atoms. The molecule has 0 aliphatic carbocycles. The van der Waals surface area contributed by atoms with Crippen molar-refractivity contribution in [3.63, 3.8) is 0 Å². The molecule has 0 spiro atoms. The van der Waals surface area contributed by atoms with Gasteiger partial charge in [-0.15, -0.1) is 0 Å². The Kier molecular flexibility index (Phi) is 284000. The Morgan fingerprint density at radius 2 is 0.500 bits per heavy atom. The second kappa shape index (κ2) is 972. The van der Waals surface area contributed by atoms with Crippen molar-refractivity contribution < 1.29 is 44.4 Å². The van der Waals surface area contributed by atoms with Crippen LogP contribution in [-0.4, -0.2) is 0 Å². The van der Waals surface area contributed by atoms with E-state index in [1.54, 1.807) is 0 Å². The molecule has 0 aliphatic rings. The zero-order chi connectivity index (χ0) is 0. The first kappa shape index (κ1) is 1750. The first-order valence-corrected chi connectivity index (χ1v) is 0. The van der Waals surface area contributed by atoms with E-state index in [1.165, 1.54) is 0 Å². The van der Waals surface area contributed by atoms with Gasteiger partial charge >= 0.3 is 28.0 Å². The molecule has 0 saturated heterocycles. The van der Waals surface area contributed by atoms with Crippen molar-refractivity contribution in [2.75, 3.05) is 0 Å². The number of hydrogen-bond donors (Lipinski definition) is 0. The van der Waals surface area contributed by atoms with Crippen LogP contribution >= 0.6 is 0 Å². The van der Waals surface area contributed by atoms with Gasteiger partial charge < -0.3 is 16.4 Å². The summed E-state index contributed by atoms with van der Waals surface area (Å²) in [5, 5.41) is 0. The molecule has 9 radical (unpaired) electrons. The van der Waals surface area contributed by atoms with Crippen molar-refractivity contribution >= 4 is 0 Å². The maximum absolute atomic E-state index is 0. The van der Waals surface area contributed by atoms with Crippen LogP contribution < -0.4 is 0 Å². The van der Waals surface area contributed by atoms with Gasteiger partial charge in [-0.3, -0.25) is 0 Å². The first-order valence-electron chi connectivity index (χ1n) is 0. The molecule has 0 aromatic heterocycles. The smallest absolute Gasteiger partial charge is 2.00 e. The molecule has 0 rings (SSSR count). The van der Waals surface area contributed by atoms with Gasteiger partial charge in [0.15, 0.2) is 0 Å². The molecule has 0 atom stereocenters. The normalized spacial score (nSPS) is 0. The minimum Gasteiger partial charge on any atom is -2.00 e. The van der Waals surface area contributed by atoms with Crippen LogP contribution in [0.25, 0.3) is 0 Å². The molecule has 0 amide bonds.